The van der Waals surface area contributed by atoms with Gasteiger partial charge in [0.05, 0.1) is 6.61 Å². The van der Waals surface area contributed by atoms with Gasteiger partial charge in [0.1, 0.15) is 12.2 Å². The second kappa shape index (κ2) is 6.98. The first-order valence-corrected chi connectivity index (χ1v) is 6.92. The van der Waals surface area contributed by atoms with E-state index in [0.29, 0.717) is 17.8 Å². The summed E-state index contributed by atoms with van der Waals surface area (Å²) in [6.45, 7) is 7.99. The molecular formula is C14H26O4. The van der Waals surface area contributed by atoms with E-state index in [0.717, 1.165) is 12.8 Å². The molecule has 0 bridgehead atoms. The molecule has 0 spiro atoms. The minimum atomic E-state index is -0.652. The molecule has 1 saturated carbocycles. The monoisotopic (exact) mass is 258 g/mol. The van der Waals surface area contributed by atoms with Crippen LogP contribution in [0, 0.1) is 17.8 Å². The average Bonchev–Trinajstić information content (AvgIpc) is 2.28. The second-order valence-corrected chi connectivity index (χ2v) is 5.84. The lowest BCUT2D eigenvalue weighted by Gasteiger charge is -2.36. The van der Waals surface area contributed by atoms with Crippen molar-refractivity contribution in [1.29, 1.82) is 0 Å². The molecule has 4 heteroatoms. The summed E-state index contributed by atoms with van der Waals surface area (Å²) >= 11 is 0. The van der Waals surface area contributed by atoms with Crippen LogP contribution in [0.25, 0.3) is 0 Å². The largest absolute Gasteiger partial charge is 0.508 e. The van der Waals surface area contributed by atoms with E-state index in [1.807, 2.05) is 0 Å². The number of aliphatic hydroxyl groups is 1. The second-order valence-electron chi connectivity index (χ2n) is 5.84. The lowest BCUT2D eigenvalue weighted by molar-refractivity contribution is -0.0495. The van der Waals surface area contributed by atoms with E-state index in [9.17, 15) is 4.79 Å². The molecule has 4 atom stereocenters. The van der Waals surface area contributed by atoms with E-state index in [1.165, 1.54) is 6.42 Å². The number of ether oxygens (including phenoxy) is 2. The molecule has 0 radical (unpaired) electrons. The summed E-state index contributed by atoms with van der Waals surface area (Å²) in [4.78, 5) is 11.6. The maximum Gasteiger partial charge on any atom is 0.508 e. The summed E-state index contributed by atoms with van der Waals surface area (Å²) in [5, 5.41) is 8.84. The number of hydrogen-bond donors (Lipinski definition) is 1. The zero-order valence-electron chi connectivity index (χ0n) is 11.9. The predicted octanol–water partition coefficient (Wildman–Crippen LogP) is 2.98. The molecule has 1 fully saturated rings. The van der Waals surface area contributed by atoms with Crippen molar-refractivity contribution >= 4 is 6.16 Å². The minimum Gasteiger partial charge on any atom is -0.431 e. The molecule has 0 amide bonds. The minimum absolute atomic E-state index is 0.0489. The fraction of sp³-hybridized carbons (Fsp3) is 0.929. The molecule has 1 aliphatic carbocycles. The predicted molar refractivity (Wildman–Crippen MR) is 69.2 cm³/mol. The van der Waals surface area contributed by atoms with Crippen LogP contribution in [0.15, 0.2) is 0 Å². The topological polar surface area (TPSA) is 55.8 Å². The van der Waals surface area contributed by atoms with Gasteiger partial charge in [0.2, 0.25) is 0 Å². The summed E-state index contributed by atoms with van der Waals surface area (Å²) in [6.07, 6.45) is 2.01. The van der Waals surface area contributed by atoms with Gasteiger partial charge in [-0.1, -0.05) is 27.2 Å². The summed E-state index contributed by atoms with van der Waals surface area (Å²) in [5.41, 5.74) is 0. The van der Waals surface area contributed by atoms with Crippen molar-refractivity contribution in [2.45, 2.75) is 59.2 Å². The summed E-state index contributed by atoms with van der Waals surface area (Å²) < 4.78 is 10.4. The van der Waals surface area contributed by atoms with Gasteiger partial charge < -0.3 is 14.6 Å². The van der Waals surface area contributed by atoms with Crippen molar-refractivity contribution in [2.75, 3.05) is 6.61 Å². The fourth-order valence-corrected chi connectivity index (χ4v) is 2.60. The lowest BCUT2D eigenvalue weighted by Crippen LogP contribution is -2.36. The Bertz CT molecular complexity index is 265. The third-order valence-corrected chi connectivity index (χ3v) is 3.76. The molecule has 1 N–H and O–H groups in total. The highest BCUT2D eigenvalue weighted by molar-refractivity contribution is 5.60. The third-order valence-electron chi connectivity index (χ3n) is 3.76. The van der Waals surface area contributed by atoms with Crippen molar-refractivity contribution in [3.05, 3.63) is 0 Å². The molecule has 0 aromatic rings. The summed E-state index contributed by atoms with van der Waals surface area (Å²) in [7, 11) is 0. The highest BCUT2D eigenvalue weighted by Crippen LogP contribution is 2.35. The van der Waals surface area contributed by atoms with E-state index in [2.05, 4.69) is 20.8 Å². The molecule has 1 aliphatic rings. The van der Waals surface area contributed by atoms with Gasteiger partial charge in [-0.2, -0.15) is 0 Å². The maximum atomic E-state index is 11.6. The van der Waals surface area contributed by atoms with Crippen LogP contribution in [0.3, 0.4) is 0 Å². The van der Waals surface area contributed by atoms with Gasteiger partial charge in [0, 0.05) is 0 Å². The molecule has 0 aromatic carbocycles. The van der Waals surface area contributed by atoms with Crippen molar-refractivity contribution < 1.29 is 19.4 Å². The Morgan fingerprint density at radius 2 is 2.00 bits per heavy atom. The van der Waals surface area contributed by atoms with Crippen LogP contribution in [0.4, 0.5) is 4.79 Å². The highest BCUT2D eigenvalue weighted by Gasteiger charge is 2.34. The Morgan fingerprint density at radius 3 is 2.56 bits per heavy atom. The molecule has 0 saturated heterocycles. The van der Waals surface area contributed by atoms with Crippen LogP contribution in [0.2, 0.25) is 0 Å². The number of carbonyl (C=O) groups is 1. The van der Waals surface area contributed by atoms with E-state index < -0.39 is 12.3 Å². The molecule has 4 nitrogen and oxygen atoms in total. The van der Waals surface area contributed by atoms with Crippen LogP contribution in [-0.4, -0.2) is 30.1 Å². The van der Waals surface area contributed by atoms with Gasteiger partial charge in [-0.3, -0.25) is 0 Å². The highest BCUT2D eigenvalue weighted by atomic mass is 16.7. The Labute approximate surface area is 110 Å². The van der Waals surface area contributed by atoms with Crippen LogP contribution in [0.1, 0.15) is 47.0 Å². The number of rotatable bonds is 4. The van der Waals surface area contributed by atoms with Crippen molar-refractivity contribution in [3.63, 3.8) is 0 Å². The maximum absolute atomic E-state index is 11.6. The number of aliphatic hydroxyl groups excluding tert-OH is 1. The molecule has 0 aromatic heterocycles. The van der Waals surface area contributed by atoms with Gasteiger partial charge >= 0.3 is 6.16 Å². The Hall–Kier alpha value is -0.770. The molecule has 0 aliphatic heterocycles. The van der Waals surface area contributed by atoms with Crippen molar-refractivity contribution in [3.8, 4) is 0 Å². The van der Waals surface area contributed by atoms with Crippen molar-refractivity contribution in [1.82, 2.24) is 0 Å². The van der Waals surface area contributed by atoms with E-state index >= 15 is 0 Å². The molecular weight excluding hydrogens is 232 g/mol. The molecule has 0 heterocycles. The van der Waals surface area contributed by atoms with Gasteiger partial charge in [-0.25, -0.2) is 4.79 Å². The summed E-state index contributed by atoms with van der Waals surface area (Å²) in [6, 6.07) is 0. The van der Waals surface area contributed by atoms with Crippen LogP contribution in [-0.2, 0) is 9.47 Å². The van der Waals surface area contributed by atoms with Crippen molar-refractivity contribution in [2.24, 2.45) is 17.8 Å². The molecule has 18 heavy (non-hydrogen) atoms. The fourth-order valence-electron chi connectivity index (χ4n) is 2.60. The zero-order valence-corrected chi connectivity index (χ0v) is 11.9. The Morgan fingerprint density at radius 1 is 1.33 bits per heavy atom. The van der Waals surface area contributed by atoms with E-state index in [1.54, 1.807) is 6.92 Å². The first-order chi connectivity index (χ1) is 8.43. The molecule has 1 rings (SSSR count). The van der Waals surface area contributed by atoms with E-state index in [-0.39, 0.29) is 12.7 Å². The average molecular weight is 258 g/mol. The van der Waals surface area contributed by atoms with Gasteiger partial charge in [0.15, 0.2) is 0 Å². The van der Waals surface area contributed by atoms with Gasteiger partial charge in [0.25, 0.3) is 0 Å². The standard InChI is InChI=1S/C14H26O4/c1-9(2)12-6-5-10(3)7-13(12)18-14(16)17-11(4)8-15/h9-13,15H,5-8H2,1-4H3/t10-,11?,12+,13-/m1/s1. The first-order valence-electron chi connectivity index (χ1n) is 6.92. The Kier molecular flexibility index (Phi) is 5.93. The molecule has 106 valence electrons. The lowest BCUT2D eigenvalue weighted by atomic mass is 9.75. The first kappa shape index (κ1) is 15.3. The zero-order chi connectivity index (χ0) is 13.7. The SMILES string of the molecule is CC(CO)OC(=O)O[C@@H]1C[C@H](C)CC[C@H]1C(C)C. The van der Waals surface area contributed by atoms with Crippen LogP contribution >= 0.6 is 0 Å². The normalized spacial score (nSPS) is 30.0. The third kappa shape index (κ3) is 4.48. The smallest absolute Gasteiger partial charge is 0.431 e. The number of carbonyl (C=O) groups excluding carboxylic acids is 1. The van der Waals surface area contributed by atoms with Crippen LogP contribution in [0.5, 0.6) is 0 Å². The summed E-state index contributed by atoms with van der Waals surface area (Å²) in [5.74, 6) is 1.51. The van der Waals surface area contributed by atoms with E-state index in [4.69, 9.17) is 14.6 Å². The van der Waals surface area contributed by atoms with Crippen LogP contribution < -0.4 is 0 Å². The number of hydrogen-bond acceptors (Lipinski definition) is 4. The molecule has 1 unspecified atom stereocenters. The quantitative estimate of drug-likeness (QED) is 0.788. The van der Waals surface area contributed by atoms with Gasteiger partial charge in [-0.15, -0.1) is 0 Å². The Balaban J connectivity index is 2.52. The van der Waals surface area contributed by atoms with Gasteiger partial charge in [-0.05, 0) is 37.5 Å².